The Labute approximate surface area is 145 Å². The molecule has 2 aromatic carbocycles. The van der Waals surface area contributed by atoms with Gasteiger partial charge in [-0.2, -0.15) is 13.2 Å². The second-order valence-corrected chi connectivity index (χ2v) is 5.95. The van der Waals surface area contributed by atoms with Crippen LogP contribution in [0.1, 0.15) is 21.5 Å². The number of nitrogens with two attached hydrogens (primary N) is 1. The highest BCUT2D eigenvalue weighted by atomic mass is 35.5. The number of hydrogen-bond acceptors (Lipinski definition) is 2. The van der Waals surface area contributed by atoms with Gasteiger partial charge in [0.05, 0.1) is 16.1 Å². The first-order chi connectivity index (χ1) is 11.6. The van der Waals surface area contributed by atoms with E-state index >= 15 is 0 Å². The molecule has 0 spiro atoms. The number of aryl methyl sites for hydroxylation is 1. The lowest BCUT2D eigenvalue weighted by Gasteiger charge is -2.14. The number of aromatic carboxylic acids is 1. The van der Waals surface area contributed by atoms with Gasteiger partial charge in [0.1, 0.15) is 5.82 Å². The van der Waals surface area contributed by atoms with Crippen LogP contribution in [0.25, 0.3) is 22.0 Å². The van der Waals surface area contributed by atoms with Gasteiger partial charge in [0.15, 0.2) is 0 Å². The highest BCUT2D eigenvalue weighted by Gasteiger charge is 2.32. The van der Waals surface area contributed by atoms with Crippen LogP contribution in [0.5, 0.6) is 0 Å². The monoisotopic (exact) mass is 368 g/mol. The molecule has 0 saturated carbocycles. The molecule has 25 heavy (non-hydrogen) atoms. The Morgan fingerprint density at radius 2 is 1.84 bits per heavy atom. The van der Waals surface area contributed by atoms with Crippen molar-refractivity contribution in [2.45, 2.75) is 13.1 Å². The maximum absolute atomic E-state index is 12.9. The number of H-pyrrole nitrogens is 1. The molecule has 1 heterocycles. The summed E-state index contributed by atoms with van der Waals surface area (Å²) in [5.41, 5.74) is 6.23. The number of anilines is 1. The summed E-state index contributed by atoms with van der Waals surface area (Å²) in [6.07, 6.45) is -4.62. The van der Waals surface area contributed by atoms with E-state index in [2.05, 4.69) is 4.98 Å². The van der Waals surface area contributed by atoms with Crippen LogP contribution in [-0.4, -0.2) is 16.1 Å². The fourth-order valence-electron chi connectivity index (χ4n) is 2.86. The number of aromatic nitrogens is 1. The van der Waals surface area contributed by atoms with Crippen LogP contribution in [0.15, 0.2) is 30.3 Å². The Balaban J connectivity index is 2.29. The average Bonchev–Trinajstić information content (AvgIpc) is 2.82. The minimum atomic E-state index is -4.62. The molecule has 0 unspecified atom stereocenters. The van der Waals surface area contributed by atoms with Crippen molar-refractivity contribution in [2.24, 2.45) is 0 Å². The van der Waals surface area contributed by atoms with Crippen molar-refractivity contribution in [2.75, 3.05) is 5.73 Å². The molecule has 0 aliphatic rings. The maximum Gasteiger partial charge on any atom is 0.416 e. The Morgan fingerprint density at radius 3 is 2.44 bits per heavy atom. The third kappa shape index (κ3) is 2.80. The van der Waals surface area contributed by atoms with Crippen molar-refractivity contribution in [3.05, 3.63) is 52.0 Å². The van der Waals surface area contributed by atoms with Crippen molar-refractivity contribution in [3.8, 4) is 11.1 Å². The molecule has 0 atom stereocenters. The lowest BCUT2D eigenvalue weighted by molar-refractivity contribution is -0.137. The number of aromatic amines is 1. The third-order valence-electron chi connectivity index (χ3n) is 4.06. The van der Waals surface area contributed by atoms with Gasteiger partial charge in [0.2, 0.25) is 0 Å². The largest absolute Gasteiger partial charge is 0.478 e. The van der Waals surface area contributed by atoms with E-state index in [1.54, 1.807) is 19.1 Å². The molecule has 0 fully saturated rings. The summed E-state index contributed by atoms with van der Waals surface area (Å²) in [6, 6.07) is 5.93. The fraction of sp³-hybridized carbons (Fsp3) is 0.118. The van der Waals surface area contributed by atoms with Gasteiger partial charge < -0.3 is 15.8 Å². The summed E-state index contributed by atoms with van der Waals surface area (Å²) in [6.45, 7) is 1.71. The second kappa shape index (κ2) is 5.70. The third-order valence-corrected chi connectivity index (χ3v) is 4.45. The van der Waals surface area contributed by atoms with E-state index in [0.29, 0.717) is 28.1 Å². The molecule has 0 bridgehead atoms. The zero-order valence-corrected chi connectivity index (χ0v) is 13.6. The number of alkyl halides is 3. The number of nitrogens with one attached hydrogen (secondary N) is 1. The molecule has 1 aromatic heterocycles. The predicted octanol–water partition coefficient (Wildman–Crippen LogP) is 5.10. The molecular formula is C17H12ClF3N2O2. The second-order valence-electron chi connectivity index (χ2n) is 5.58. The van der Waals surface area contributed by atoms with E-state index in [1.807, 2.05) is 0 Å². The first-order valence-corrected chi connectivity index (χ1v) is 7.50. The van der Waals surface area contributed by atoms with Gasteiger partial charge in [-0.1, -0.05) is 23.7 Å². The standard InChI is InChI=1S/C17H12ClF3N2O2/c1-7-9(4-5-12-13(7)14(18)15(22)23-12)10-3-2-8(17(19,20)21)6-11(10)16(24)25/h2-6,23H,22H2,1H3,(H,24,25). The number of carboxylic acids is 1. The molecule has 0 aliphatic heterocycles. The zero-order valence-electron chi connectivity index (χ0n) is 12.8. The summed E-state index contributed by atoms with van der Waals surface area (Å²) in [5, 5.41) is 10.3. The van der Waals surface area contributed by atoms with Gasteiger partial charge in [-0.05, 0) is 41.8 Å². The quantitative estimate of drug-likeness (QED) is 0.589. The van der Waals surface area contributed by atoms with Crippen LogP contribution >= 0.6 is 11.6 Å². The van der Waals surface area contributed by atoms with Crippen LogP contribution in [0.4, 0.5) is 19.0 Å². The highest BCUT2D eigenvalue weighted by Crippen LogP contribution is 2.39. The van der Waals surface area contributed by atoms with E-state index in [0.717, 1.165) is 12.1 Å². The van der Waals surface area contributed by atoms with Crippen LogP contribution in [-0.2, 0) is 6.18 Å². The van der Waals surface area contributed by atoms with Crippen molar-refractivity contribution in [1.82, 2.24) is 4.98 Å². The lowest BCUT2D eigenvalue weighted by atomic mass is 9.92. The van der Waals surface area contributed by atoms with E-state index in [-0.39, 0.29) is 16.4 Å². The van der Waals surface area contributed by atoms with Crippen LogP contribution in [0.2, 0.25) is 5.02 Å². The average molecular weight is 369 g/mol. The number of rotatable bonds is 2. The number of fused-ring (bicyclic) bond motifs is 1. The Morgan fingerprint density at radius 1 is 1.20 bits per heavy atom. The number of hydrogen-bond donors (Lipinski definition) is 3. The van der Waals surface area contributed by atoms with E-state index < -0.39 is 23.3 Å². The molecular weight excluding hydrogens is 357 g/mol. The molecule has 0 radical (unpaired) electrons. The summed E-state index contributed by atoms with van der Waals surface area (Å²) in [5.74, 6) is -1.18. The highest BCUT2D eigenvalue weighted by molar-refractivity contribution is 6.38. The van der Waals surface area contributed by atoms with Crippen LogP contribution in [0, 0.1) is 6.92 Å². The Hall–Kier alpha value is -2.67. The summed E-state index contributed by atoms with van der Waals surface area (Å²) < 4.78 is 38.6. The van der Waals surface area contributed by atoms with E-state index in [1.165, 1.54) is 0 Å². The van der Waals surface area contributed by atoms with Crippen LogP contribution in [0.3, 0.4) is 0 Å². The lowest BCUT2D eigenvalue weighted by Crippen LogP contribution is -2.08. The van der Waals surface area contributed by atoms with Gasteiger partial charge in [-0.3, -0.25) is 0 Å². The molecule has 0 saturated heterocycles. The number of nitrogen functional groups attached to an aromatic ring is 1. The molecule has 4 N–H and O–H groups in total. The van der Waals surface area contributed by atoms with E-state index in [4.69, 9.17) is 17.3 Å². The number of benzene rings is 2. The molecule has 3 rings (SSSR count). The predicted molar refractivity (Wildman–Crippen MR) is 89.9 cm³/mol. The van der Waals surface area contributed by atoms with E-state index in [9.17, 15) is 23.1 Å². The van der Waals surface area contributed by atoms with Crippen molar-refractivity contribution in [3.63, 3.8) is 0 Å². The molecule has 0 aliphatic carbocycles. The molecule has 4 nitrogen and oxygen atoms in total. The van der Waals surface area contributed by atoms with Gasteiger partial charge in [0, 0.05) is 10.9 Å². The van der Waals surface area contributed by atoms with Gasteiger partial charge >= 0.3 is 12.1 Å². The number of carboxylic acid groups (broad SMARTS) is 1. The zero-order chi connectivity index (χ0) is 18.5. The first kappa shape index (κ1) is 17.2. The smallest absolute Gasteiger partial charge is 0.416 e. The maximum atomic E-state index is 12.9. The number of carbonyl (C=O) groups is 1. The van der Waals surface area contributed by atoms with Crippen LogP contribution < -0.4 is 5.73 Å². The van der Waals surface area contributed by atoms with Gasteiger partial charge in [0.25, 0.3) is 0 Å². The van der Waals surface area contributed by atoms with Crippen molar-refractivity contribution in [1.29, 1.82) is 0 Å². The SMILES string of the molecule is Cc1c(-c2ccc(C(F)(F)F)cc2C(=O)O)ccc2[nH]c(N)c(Cl)c12. The van der Waals surface area contributed by atoms with Gasteiger partial charge in [-0.25, -0.2) is 4.79 Å². The van der Waals surface area contributed by atoms with Gasteiger partial charge in [-0.15, -0.1) is 0 Å². The summed E-state index contributed by atoms with van der Waals surface area (Å²) >= 11 is 6.17. The minimum Gasteiger partial charge on any atom is -0.478 e. The first-order valence-electron chi connectivity index (χ1n) is 7.12. The molecule has 8 heteroatoms. The summed E-state index contributed by atoms with van der Waals surface area (Å²) in [7, 11) is 0. The molecule has 0 amide bonds. The van der Waals surface area contributed by atoms with Crippen molar-refractivity contribution < 1.29 is 23.1 Å². The molecule has 3 aromatic rings. The minimum absolute atomic E-state index is 0.177. The molecule has 130 valence electrons. The fourth-order valence-corrected chi connectivity index (χ4v) is 3.15. The van der Waals surface area contributed by atoms with Crippen molar-refractivity contribution >= 4 is 34.3 Å². The summed E-state index contributed by atoms with van der Waals surface area (Å²) in [4.78, 5) is 14.4. The Bertz CT molecular complexity index is 1010. The number of halogens is 4. The Kier molecular flexibility index (Phi) is 3.91. The topological polar surface area (TPSA) is 79.1 Å². The normalized spacial score (nSPS) is 11.9.